The summed E-state index contributed by atoms with van der Waals surface area (Å²) in [6.45, 7) is 0.667. The number of nitrogens with one attached hydrogen (secondary N) is 1. The number of halogens is 2. The Morgan fingerprint density at radius 3 is 3.10 bits per heavy atom. The maximum atomic E-state index is 14.0. The number of methoxy groups -OCH3 is 1. The molecule has 0 fully saturated rings. The van der Waals surface area contributed by atoms with Crippen LogP contribution in [0, 0.1) is 5.13 Å². The van der Waals surface area contributed by atoms with Crippen LogP contribution in [0.25, 0.3) is 0 Å². The molecule has 0 saturated heterocycles. The van der Waals surface area contributed by atoms with Gasteiger partial charge in [-0.1, -0.05) is 11.6 Å². The third-order valence-corrected chi connectivity index (χ3v) is 4.62. The first-order chi connectivity index (χ1) is 10.0. The first-order valence-electron chi connectivity index (χ1n) is 6.17. The summed E-state index contributed by atoms with van der Waals surface area (Å²) in [5.74, 6) is -0.479. The second-order valence-corrected chi connectivity index (χ2v) is 6.05. The lowest BCUT2D eigenvalue weighted by molar-refractivity contribution is -0.139. The number of nitrogens with zero attached hydrogens (tertiary/aromatic N) is 2. The van der Waals surface area contributed by atoms with Crippen molar-refractivity contribution in [1.29, 1.82) is 0 Å². The van der Waals surface area contributed by atoms with Crippen LogP contribution in [0.1, 0.15) is 17.7 Å². The van der Waals surface area contributed by atoms with Gasteiger partial charge in [0.2, 0.25) is 5.13 Å². The average molecular weight is 350 g/mol. The van der Waals surface area contributed by atoms with E-state index < -0.39 is 11.1 Å². The van der Waals surface area contributed by atoms with Crippen molar-refractivity contribution in [1.82, 2.24) is 5.01 Å². The molecule has 0 spiro atoms. The highest BCUT2D eigenvalue weighted by atomic mass is 35.5. The van der Waals surface area contributed by atoms with E-state index in [-0.39, 0.29) is 22.2 Å². The lowest BCUT2D eigenvalue weighted by atomic mass is 10.3. The molecule has 114 valence electrons. The Hall–Kier alpha value is -1.25. The first kappa shape index (κ1) is 16.1. The molecule has 1 N–H and O–H groups in total. The van der Waals surface area contributed by atoms with E-state index in [1.54, 1.807) is 11.2 Å². The van der Waals surface area contributed by atoms with Gasteiger partial charge in [0.15, 0.2) is 5.11 Å². The van der Waals surface area contributed by atoms with E-state index in [1.165, 1.54) is 7.11 Å². The van der Waals surface area contributed by atoms with Gasteiger partial charge in [-0.05, 0) is 25.1 Å². The summed E-state index contributed by atoms with van der Waals surface area (Å²) in [6.07, 6.45) is 3.51. The van der Waals surface area contributed by atoms with Crippen molar-refractivity contribution in [3.05, 3.63) is 15.0 Å². The number of anilines is 1. The number of carbonyl (C=O) groups is 1. The van der Waals surface area contributed by atoms with Gasteiger partial charge in [-0.15, -0.1) is 11.3 Å². The quantitative estimate of drug-likeness (QED) is 0.671. The van der Waals surface area contributed by atoms with E-state index in [9.17, 15) is 9.18 Å². The minimum absolute atomic E-state index is 0.0753. The molecule has 1 aliphatic rings. The lowest BCUT2D eigenvalue weighted by Crippen LogP contribution is -2.33. The predicted molar refractivity (Wildman–Crippen MR) is 85.7 cm³/mol. The van der Waals surface area contributed by atoms with Crippen LogP contribution in [0.2, 0.25) is 5.02 Å². The fourth-order valence-electron chi connectivity index (χ4n) is 1.72. The van der Waals surface area contributed by atoms with E-state index >= 15 is 0 Å². The van der Waals surface area contributed by atoms with Gasteiger partial charge in [0.05, 0.1) is 18.6 Å². The molecule has 1 aliphatic heterocycles. The highest BCUT2D eigenvalue weighted by Gasteiger charge is 2.21. The minimum atomic E-state index is -0.526. The standard InChI is InChI=1S/C12H13ClFN3O2S2/c1-19-8(18)6-7-9(13)10(11(14)21-7)16-12(20)17-5-3-2-4-15-17/h4H,2-3,5-6H2,1H3,(H,16,20). The smallest absolute Gasteiger partial charge is 0.310 e. The van der Waals surface area contributed by atoms with Crippen LogP contribution < -0.4 is 5.32 Å². The predicted octanol–water partition coefficient (Wildman–Crippen LogP) is 3.03. The maximum Gasteiger partial charge on any atom is 0.310 e. The molecular weight excluding hydrogens is 337 g/mol. The molecule has 0 unspecified atom stereocenters. The van der Waals surface area contributed by atoms with E-state index in [0.29, 0.717) is 11.4 Å². The summed E-state index contributed by atoms with van der Waals surface area (Å²) in [7, 11) is 1.27. The summed E-state index contributed by atoms with van der Waals surface area (Å²) >= 11 is 12.1. The molecule has 2 rings (SSSR count). The number of esters is 1. The molecular formula is C12H13ClFN3O2S2. The molecule has 0 aromatic carbocycles. The average Bonchev–Trinajstić information content (AvgIpc) is 2.75. The summed E-state index contributed by atoms with van der Waals surface area (Å²) < 4.78 is 18.5. The Morgan fingerprint density at radius 2 is 2.48 bits per heavy atom. The van der Waals surface area contributed by atoms with Crippen LogP contribution in [-0.4, -0.2) is 36.0 Å². The number of hydrogen-bond donors (Lipinski definition) is 1. The summed E-state index contributed by atoms with van der Waals surface area (Å²) in [5, 5.41) is 8.34. The molecule has 0 atom stereocenters. The van der Waals surface area contributed by atoms with Crippen LogP contribution in [-0.2, 0) is 16.0 Å². The zero-order valence-corrected chi connectivity index (χ0v) is 13.6. The van der Waals surface area contributed by atoms with E-state index in [0.717, 1.165) is 24.2 Å². The van der Waals surface area contributed by atoms with Crippen molar-refractivity contribution in [3.63, 3.8) is 0 Å². The van der Waals surface area contributed by atoms with Crippen molar-refractivity contribution >= 4 is 58.1 Å². The Bertz CT molecular complexity index is 591. The Morgan fingerprint density at radius 1 is 1.71 bits per heavy atom. The second kappa shape index (κ2) is 7.15. The molecule has 0 saturated carbocycles. The molecule has 2 heterocycles. The molecule has 9 heteroatoms. The molecule has 0 bridgehead atoms. The Balaban J connectivity index is 2.12. The molecule has 0 radical (unpaired) electrons. The van der Waals surface area contributed by atoms with Gasteiger partial charge >= 0.3 is 5.97 Å². The second-order valence-electron chi connectivity index (χ2n) is 4.23. The van der Waals surface area contributed by atoms with Gasteiger partial charge in [-0.3, -0.25) is 4.79 Å². The molecule has 5 nitrogen and oxygen atoms in total. The van der Waals surface area contributed by atoms with Gasteiger partial charge in [-0.25, -0.2) is 5.01 Å². The van der Waals surface area contributed by atoms with Gasteiger partial charge in [-0.2, -0.15) is 9.49 Å². The van der Waals surface area contributed by atoms with E-state index in [2.05, 4.69) is 15.2 Å². The van der Waals surface area contributed by atoms with Gasteiger partial charge in [0, 0.05) is 17.6 Å². The highest BCUT2D eigenvalue weighted by molar-refractivity contribution is 7.80. The van der Waals surface area contributed by atoms with Gasteiger partial charge in [0.1, 0.15) is 5.69 Å². The molecule has 0 amide bonds. The molecule has 1 aromatic rings. The number of carbonyl (C=O) groups excluding carboxylic acids is 1. The lowest BCUT2D eigenvalue weighted by Gasteiger charge is -2.22. The zero-order valence-electron chi connectivity index (χ0n) is 11.2. The van der Waals surface area contributed by atoms with Crippen LogP contribution >= 0.6 is 35.2 Å². The summed E-state index contributed by atoms with van der Waals surface area (Å²) in [6, 6.07) is 0. The van der Waals surface area contributed by atoms with Crippen molar-refractivity contribution in [2.45, 2.75) is 19.3 Å². The number of hydrogen-bond acceptors (Lipinski definition) is 5. The normalized spacial score (nSPS) is 14.1. The topological polar surface area (TPSA) is 53.9 Å². The van der Waals surface area contributed by atoms with Crippen LogP contribution in [0.4, 0.5) is 10.1 Å². The van der Waals surface area contributed by atoms with E-state index in [4.69, 9.17) is 23.8 Å². The number of thiocarbonyl (C=S) groups is 1. The third-order valence-electron chi connectivity index (χ3n) is 2.80. The fourth-order valence-corrected chi connectivity index (χ4v) is 3.18. The monoisotopic (exact) mass is 349 g/mol. The number of rotatable bonds is 3. The number of ether oxygens (including phenoxy) is 1. The van der Waals surface area contributed by atoms with Crippen molar-refractivity contribution in [2.24, 2.45) is 5.10 Å². The first-order valence-corrected chi connectivity index (χ1v) is 7.77. The molecule has 1 aromatic heterocycles. The molecule has 21 heavy (non-hydrogen) atoms. The fraction of sp³-hybridized carbons (Fsp3) is 0.417. The molecule has 0 aliphatic carbocycles. The summed E-state index contributed by atoms with van der Waals surface area (Å²) in [5.41, 5.74) is 0.0753. The summed E-state index contributed by atoms with van der Waals surface area (Å²) in [4.78, 5) is 11.7. The Labute approximate surface area is 135 Å². The van der Waals surface area contributed by atoms with Crippen LogP contribution in [0.15, 0.2) is 5.10 Å². The third kappa shape index (κ3) is 3.90. The van der Waals surface area contributed by atoms with E-state index in [1.807, 2.05) is 0 Å². The van der Waals surface area contributed by atoms with Crippen molar-refractivity contribution < 1.29 is 13.9 Å². The van der Waals surface area contributed by atoms with Crippen LogP contribution in [0.3, 0.4) is 0 Å². The van der Waals surface area contributed by atoms with Gasteiger partial charge in [0.25, 0.3) is 0 Å². The van der Waals surface area contributed by atoms with Gasteiger partial charge < -0.3 is 10.1 Å². The number of hydrazone groups is 1. The largest absolute Gasteiger partial charge is 0.469 e. The Kier molecular flexibility index (Phi) is 5.49. The van der Waals surface area contributed by atoms with Crippen molar-refractivity contribution in [2.75, 3.05) is 19.0 Å². The van der Waals surface area contributed by atoms with Crippen LogP contribution in [0.5, 0.6) is 0 Å². The number of thiophene rings is 1. The maximum absolute atomic E-state index is 14.0. The minimum Gasteiger partial charge on any atom is -0.469 e. The highest BCUT2D eigenvalue weighted by Crippen LogP contribution is 2.37. The SMILES string of the molecule is COC(=O)Cc1sc(F)c(NC(=S)N2CCCC=N2)c1Cl. The zero-order chi connectivity index (χ0) is 15.4. The van der Waals surface area contributed by atoms with Crippen molar-refractivity contribution in [3.8, 4) is 0 Å².